The Balaban J connectivity index is 1.77. The third-order valence-electron chi connectivity index (χ3n) is 3.05. The van der Waals surface area contributed by atoms with Gasteiger partial charge in [0, 0.05) is 22.8 Å². The fourth-order valence-electron chi connectivity index (χ4n) is 1.95. The second-order valence-corrected chi connectivity index (χ2v) is 6.04. The number of pyridine rings is 1. The first-order chi connectivity index (χ1) is 8.83. The van der Waals surface area contributed by atoms with E-state index in [0.29, 0.717) is 5.92 Å². The maximum atomic E-state index is 6.05. The molecule has 0 unspecified atom stereocenters. The highest BCUT2D eigenvalue weighted by Crippen LogP contribution is 2.44. The second-order valence-electron chi connectivity index (χ2n) is 4.59. The topological polar surface area (TPSA) is 12.9 Å². The van der Waals surface area contributed by atoms with Gasteiger partial charge in [-0.3, -0.25) is 4.98 Å². The minimum absolute atomic E-state index is 0.667. The van der Waals surface area contributed by atoms with Gasteiger partial charge in [0.15, 0.2) is 0 Å². The van der Waals surface area contributed by atoms with E-state index < -0.39 is 0 Å². The molecule has 1 aromatic carbocycles. The van der Waals surface area contributed by atoms with Crippen LogP contribution < -0.4 is 0 Å². The number of nitrogens with zero attached hydrogens (tertiary/aromatic N) is 1. The molecular weight excluding hydrogens is 262 g/mol. The Labute approximate surface area is 117 Å². The van der Waals surface area contributed by atoms with Crippen LogP contribution in [-0.2, 0) is 5.75 Å². The number of hydrogen-bond acceptors (Lipinski definition) is 2. The average Bonchev–Trinajstić information content (AvgIpc) is 3.22. The number of aromatic nitrogens is 1. The molecule has 92 valence electrons. The molecule has 1 fully saturated rings. The van der Waals surface area contributed by atoms with Crippen molar-refractivity contribution in [3.8, 4) is 0 Å². The monoisotopic (exact) mass is 275 g/mol. The van der Waals surface area contributed by atoms with Crippen molar-refractivity contribution >= 4 is 23.4 Å². The van der Waals surface area contributed by atoms with Gasteiger partial charge in [0.25, 0.3) is 0 Å². The van der Waals surface area contributed by atoms with E-state index in [-0.39, 0.29) is 0 Å². The van der Waals surface area contributed by atoms with Gasteiger partial charge in [0.1, 0.15) is 0 Å². The maximum absolute atomic E-state index is 6.05. The summed E-state index contributed by atoms with van der Waals surface area (Å²) in [7, 11) is 0. The second kappa shape index (κ2) is 5.33. The Kier molecular flexibility index (Phi) is 3.57. The number of thioether (sulfide) groups is 1. The largest absolute Gasteiger partial charge is 0.258 e. The Hall–Kier alpha value is -0.990. The van der Waals surface area contributed by atoms with Gasteiger partial charge >= 0.3 is 0 Å². The van der Waals surface area contributed by atoms with Crippen LogP contribution >= 0.6 is 23.4 Å². The summed E-state index contributed by atoms with van der Waals surface area (Å²) in [5.41, 5.74) is 2.57. The van der Waals surface area contributed by atoms with E-state index in [1.807, 2.05) is 17.8 Å². The summed E-state index contributed by atoms with van der Waals surface area (Å²) >= 11 is 7.88. The molecular formula is C15H14ClNS. The molecule has 0 saturated heterocycles. The first-order valence-corrected chi connectivity index (χ1v) is 7.51. The highest BCUT2D eigenvalue weighted by atomic mass is 35.5. The molecule has 2 aromatic rings. The van der Waals surface area contributed by atoms with E-state index in [4.69, 9.17) is 11.6 Å². The SMILES string of the molecule is Clc1cnc(C2CC2)c(SCc2ccccc2)c1. The van der Waals surface area contributed by atoms with Crippen molar-refractivity contribution in [2.24, 2.45) is 0 Å². The van der Waals surface area contributed by atoms with E-state index in [1.165, 1.54) is 29.0 Å². The van der Waals surface area contributed by atoms with Crippen LogP contribution in [0.1, 0.15) is 30.0 Å². The van der Waals surface area contributed by atoms with Gasteiger partial charge in [0.05, 0.1) is 10.7 Å². The van der Waals surface area contributed by atoms with Crippen LogP contribution in [0.5, 0.6) is 0 Å². The van der Waals surface area contributed by atoms with Crippen molar-refractivity contribution < 1.29 is 0 Å². The average molecular weight is 276 g/mol. The van der Waals surface area contributed by atoms with E-state index in [2.05, 4.69) is 35.3 Å². The van der Waals surface area contributed by atoms with Crippen LogP contribution in [0.3, 0.4) is 0 Å². The summed E-state index contributed by atoms with van der Waals surface area (Å²) in [6.07, 6.45) is 4.31. The molecule has 0 radical (unpaired) electrons. The van der Waals surface area contributed by atoms with Crippen LogP contribution in [-0.4, -0.2) is 4.98 Å². The van der Waals surface area contributed by atoms with E-state index in [1.54, 1.807) is 6.20 Å². The lowest BCUT2D eigenvalue weighted by Gasteiger charge is -2.08. The lowest BCUT2D eigenvalue weighted by atomic mass is 10.2. The van der Waals surface area contributed by atoms with Crippen molar-refractivity contribution in [2.75, 3.05) is 0 Å². The van der Waals surface area contributed by atoms with Crippen molar-refractivity contribution in [1.82, 2.24) is 4.98 Å². The molecule has 1 aromatic heterocycles. The summed E-state index contributed by atoms with van der Waals surface area (Å²) in [6.45, 7) is 0. The first-order valence-electron chi connectivity index (χ1n) is 6.15. The number of halogens is 1. The Bertz CT molecular complexity index is 537. The molecule has 0 aliphatic heterocycles. The molecule has 18 heavy (non-hydrogen) atoms. The van der Waals surface area contributed by atoms with Crippen LogP contribution in [0, 0.1) is 0 Å². The van der Waals surface area contributed by atoms with Gasteiger partial charge in [-0.15, -0.1) is 11.8 Å². The summed E-state index contributed by atoms with van der Waals surface area (Å²) < 4.78 is 0. The molecule has 0 N–H and O–H groups in total. The summed E-state index contributed by atoms with van der Waals surface area (Å²) in [4.78, 5) is 5.74. The third kappa shape index (κ3) is 2.88. The molecule has 1 heterocycles. The van der Waals surface area contributed by atoms with Crippen molar-refractivity contribution in [3.05, 3.63) is 58.9 Å². The van der Waals surface area contributed by atoms with Gasteiger partial charge in [0.2, 0.25) is 0 Å². The van der Waals surface area contributed by atoms with Crippen molar-refractivity contribution in [2.45, 2.75) is 29.4 Å². The minimum atomic E-state index is 0.667. The molecule has 3 heteroatoms. The molecule has 1 aliphatic rings. The molecule has 0 spiro atoms. The van der Waals surface area contributed by atoms with Crippen molar-refractivity contribution in [3.63, 3.8) is 0 Å². The predicted octanol–water partition coefficient (Wildman–Crippen LogP) is 4.90. The molecule has 3 rings (SSSR count). The van der Waals surface area contributed by atoms with Crippen LogP contribution in [0.4, 0.5) is 0 Å². The molecule has 1 aliphatic carbocycles. The van der Waals surface area contributed by atoms with Crippen molar-refractivity contribution in [1.29, 1.82) is 0 Å². The Morgan fingerprint density at radius 3 is 2.72 bits per heavy atom. The summed E-state index contributed by atoms with van der Waals surface area (Å²) in [5, 5.41) is 0.731. The van der Waals surface area contributed by atoms with E-state index >= 15 is 0 Å². The summed E-state index contributed by atoms with van der Waals surface area (Å²) in [6, 6.07) is 12.6. The van der Waals surface area contributed by atoms with Gasteiger partial charge in [-0.05, 0) is 24.5 Å². The summed E-state index contributed by atoms with van der Waals surface area (Å²) in [5.74, 6) is 1.64. The maximum Gasteiger partial charge on any atom is 0.0600 e. The quantitative estimate of drug-likeness (QED) is 0.736. The molecule has 0 bridgehead atoms. The highest BCUT2D eigenvalue weighted by molar-refractivity contribution is 7.98. The lowest BCUT2D eigenvalue weighted by Crippen LogP contribution is -1.91. The zero-order valence-electron chi connectivity index (χ0n) is 9.97. The molecule has 0 atom stereocenters. The van der Waals surface area contributed by atoms with Crippen LogP contribution in [0.25, 0.3) is 0 Å². The number of benzene rings is 1. The number of rotatable bonds is 4. The first kappa shape index (κ1) is 12.1. The molecule has 1 saturated carbocycles. The predicted molar refractivity (Wildman–Crippen MR) is 77.2 cm³/mol. The fourth-order valence-corrected chi connectivity index (χ4v) is 3.26. The molecule has 0 amide bonds. The fraction of sp³-hybridized carbons (Fsp3) is 0.267. The van der Waals surface area contributed by atoms with Gasteiger partial charge in [-0.2, -0.15) is 0 Å². The zero-order chi connectivity index (χ0) is 12.4. The van der Waals surface area contributed by atoms with Crippen LogP contribution in [0.15, 0.2) is 47.5 Å². The zero-order valence-corrected chi connectivity index (χ0v) is 11.5. The smallest absolute Gasteiger partial charge is 0.0600 e. The van der Waals surface area contributed by atoms with Gasteiger partial charge in [-0.1, -0.05) is 41.9 Å². The standard InChI is InChI=1S/C15H14ClNS/c16-13-8-14(15(17-9-13)12-6-7-12)18-10-11-4-2-1-3-5-11/h1-5,8-9,12H,6-7,10H2. The Morgan fingerprint density at radius 1 is 1.22 bits per heavy atom. The van der Waals surface area contributed by atoms with Gasteiger partial charge in [-0.25, -0.2) is 0 Å². The lowest BCUT2D eigenvalue weighted by molar-refractivity contribution is 0.967. The number of hydrogen-bond donors (Lipinski definition) is 0. The molecule has 1 nitrogen and oxygen atoms in total. The van der Waals surface area contributed by atoms with Gasteiger partial charge < -0.3 is 0 Å². The van der Waals surface area contributed by atoms with E-state index in [0.717, 1.165) is 10.8 Å². The Morgan fingerprint density at radius 2 is 2.00 bits per heavy atom. The minimum Gasteiger partial charge on any atom is -0.258 e. The van der Waals surface area contributed by atoms with E-state index in [9.17, 15) is 0 Å². The van der Waals surface area contributed by atoms with Crippen LogP contribution in [0.2, 0.25) is 5.02 Å². The third-order valence-corrected chi connectivity index (χ3v) is 4.37. The highest BCUT2D eigenvalue weighted by Gasteiger charge is 2.27. The normalized spacial score (nSPS) is 14.7.